The van der Waals surface area contributed by atoms with E-state index >= 15 is 0 Å². The number of nitrogens with one attached hydrogen (secondary N) is 3. The summed E-state index contributed by atoms with van der Waals surface area (Å²) in [6.07, 6.45) is 8.93. The van der Waals surface area contributed by atoms with Gasteiger partial charge in [-0.2, -0.15) is 0 Å². The van der Waals surface area contributed by atoms with Gasteiger partial charge in [-0.05, 0) is 25.9 Å². The Balaban J connectivity index is 1.33. The zero-order valence-corrected chi connectivity index (χ0v) is 14.4. The van der Waals surface area contributed by atoms with Crippen molar-refractivity contribution >= 4 is 28.0 Å². The standard InChI is InChI=1S/C16H19N7OS/c24-15(21-11-1-3-17-4-2-11)13-8-20-14(9-18-13)19-7-12-10-23-5-6-25-16(23)22-12/h5-6,8-11,17H,1-4,7H2,(H,19,20)(H,21,24). The van der Waals surface area contributed by atoms with E-state index < -0.39 is 0 Å². The first-order chi connectivity index (χ1) is 12.3. The number of amides is 1. The van der Waals surface area contributed by atoms with Gasteiger partial charge < -0.3 is 16.0 Å². The Morgan fingerprint density at radius 3 is 2.96 bits per heavy atom. The van der Waals surface area contributed by atoms with Gasteiger partial charge in [0, 0.05) is 23.8 Å². The van der Waals surface area contributed by atoms with Crippen molar-refractivity contribution in [3.63, 3.8) is 0 Å². The Kier molecular flexibility index (Phi) is 4.57. The first-order valence-electron chi connectivity index (χ1n) is 8.26. The van der Waals surface area contributed by atoms with Crippen LogP contribution in [0.2, 0.25) is 0 Å². The van der Waals surface area contributed by atoms with Crippen LogP contribution in [-0.2, 0) is 6.54 Å². The van der Waals surface area contributed by atoms with Gasteiger partial charge in [0.05, 0.1) is 24.6 Å². The molecule has 0 bridgehead atoms. The lowest BCUT2D eigenvalue weighted by atomic mass is 10.1. The van der Waals surface area contributed by atoms with Gasteiger partial charge in [0.1, 0.15) is 11.5 Å². The average Bonchev–Trinajstić information content (AvgIpc) is 3.23. The smallest absolute Gasteiger partial charge is 0.271 e. The molecule has 1 saturated heterocycles. The lowest BCUT2D eigenvalue weighted by Gasteiger charge is -2.23. The van der Waals surface area contributed by atoms with Crippen molar-refractivity contribution < 1.29 is 4.79 Å². The molecule has 0 aliphatic carbocycles. The van der Waals surface area contributed by atoms with Crippen LogP contribution in [0.5, 0.6) is 0 Å². The van der Waals surface area contributed by atoms with E-state index in [4.69, 9.17) is 0 Å². The van der Waals surface area contributed by atoms with Gasteiger partial charge in [0.15, 0.2) is 4.96 Å². The van der Waals surface area contributed by atoms with Crippen molar-refractivity contribution in [2.75, 3.05) is 18.4 Å². The molecule has 3 aromatic rings. The van der Waals surface area contributed by atoms with Gasteiger partial charge in [-0.25, -0.2) is 15.0 Å². The monoisotopic (exact) mass is 357 g/mol. The third-order valence-corrected chi connectivity index (χ3v) is 4.92. The van der Waals surface area contributed by atoms with Gasteiger partial charge in [-0.15, -0.1) is 11.3 Å². The Hall–Kier alpha value is -2.52. The maximum Gasteiger partial charge on any atom is 0.271 e. The number of hydrogen-bond donors (Lipinski definition) is 3. The number of anilines is 1. The number of fused-ring (bicyclic) bond motifs is 1. The maximum atomic E-state index is 12.2. The molecule has 1 aliphatic heterocycles. The van der Waals surface area contributed by atoms with Crippen LogP contribution in [0.4, 0.5) is 5.82 Å². The van der Waals surface area contributed by atoms with Gasteiger partial charge >= 0.3 is 0 Å². The van der Waals surface area contributed by atoms with Crippen LogP contribution in [0.15, 0.2) is 30.2 Å². The number of carbonyl (C=O) groups is 1. The SMILES string of the molecule is O=C(NC1CCNCC1)c1cnc(NCc2cn3ccsc3n2)cn1. The van der Waals surface area contributed by atoms with E-state index in [0.717, 1.165) is 36.6 Å². The van der Waals surface area contributed by atoms with E-state index in [1.807, 2.05) is 22.2 Å². The van der Waals surface area contributed by atoms with Crippen molar-refractivity contribution in [1.29, 1.82) is 0 Å². The fourth-order valence-corrected chi connectivity index (χ4v) is 3.52. The minimum atomic E-state index is -0.166. The number of hydrogen-bond acceptors (Lipinski definition) is 7. The van der Waals surface area contributed by atoms with Crippen LogP contribution in [0.3, 0.4) is 0 Å². The van der Waals surface area contributed by atoms with Crippen LogP contribution in [0.25, 0.3) is 4.96 Å². The molecule has 0 unspecified atom stereocenters. The molecule has 4 heterocycles. The number of carbonyl (C=O) groups excluding carboxylic acids is 1. The van der Waals surface area contributed by atoms with Crippen molar-refractivity contribution in [2.24, 2.45) is 0 Å². The molecule has 4 rings (SSSR count). The summed E-state index contributed by atoms with van der Waals surface area (Å²) in [5.74, 6) is 0.454. The zero-order chi connectivity index (χ0) is 17.1. The van der Waals surface area contributed by atoms with Crippen LogP contribution in [0, 0.1) is 0 Å². The summed E-state index contributed by atoms with van der Waals surface area (Å²) in [7, 11) is 0. The molecule has 0 radical (unpaired) electrons. The van der Waals surface area contributed by atoms with Crippen molar-refractivity contribution in [3.05, 3.63) is 41.6 Å². The predicted octanol–water partition coefficient (Wildman–Crippen LogP) is 1.28. The maximum absolute atomic E-state index is 12.2. The molecule has 3 N–H and O–H groups in total. The van der Waals surface area contributed by atoms with E-state index in [2.05, 4.69) is 30.9 Å². The Morgan fingerprint density at radius 1 is 1.32 bits per heavy atom. The normalized spacial score (nSPS) is 15.4. The molecular formula is C16H19N7OS. The summed E-state index contributed by atoms with van der Waals surface area (Å²) in [5.41, 5.74) is 1.27. The second kappa shape index (κ2) is 7.16. The molecule has 0 spiro atoms. The molecule has 1 amide bonds. The molecule has 3 aromatic heterocycles. The number of aromatic nitrogens is 4. The number of piperidine rings is 1. The molecule has 0 aromatic carbocycles. The molecular weight excluding hydrogens is 338 g/mol. The third kappa shape index (κ3) is 3.77. The number of thiazole rings is 1. The molecule has 8 nitrogen and oxygen atoms in total. The summed E-state index contributed by atoms with van der Waals surface area (Å²) in [5, 5.41) is 11.5. The average molecular weight is 357 g/mol. The second-order valence-corrected chi connectivity index (χ2v) is 6.84. The molecule has 0 atom stereocenters. The molecule has 0 saturated carbocycles. The third-order valence-electron chi connectivity index (χ3n) is 4.15. The van der Waals surface area contributed by atoms with E-state index in [1.165, 1.54) is 6.20 Å². The fourth-order valence-electron chi connectivity index (χ4n) is 2.80. The van der Waals surface area contributed by atoms with Gasteiger partial charge in [-0.3, -0.25) is 9.20 Å². The van der Waals surface area contributed by atoms with E-state index in [-0.39, 0.29) is 11.9 Å². The van der Waals surface area contributed by atoms with Crippen molar-refractivity contribution in [1.82, 2.24) is 30.0 Å². The number of imidazole rings is 1. The summed E-state index contributed by atoms with van der Waals surface area (Å²) in [6.45, 7) is 2.43. The molecule has 1 aliphatic rings. The van der Waals surface area contributed by atoms with Gasteiger partial charge in [0.25, 0.3) is 5.91 Å². The lowest BCUT2D eigenvalue weighted by Crippen LogP contribution is -2.42. The molecule has 130 valence electrons. The van der Waals surface area contributed by atoms with Crippen LogP contribution in [0.1, 0.15) is 29.0 Å². The quantitative estimate of drug-likeness (QED) is 0.637. The first kappa shape index (κ1) is 16.0. The van der Waals surface area contributed by atoms with Crippen LogP contribution in [-0.4, -0.2) is 44.4 Å². The minimum absolute atomic E-state index is 0.166. The van der Waals surface area contributed by atoms with Crippen molar-refractivity contribution in [3.8, 4) is 0 Å². The number of rotatable bonds is 5. The fraction of sp³-hybridized carbons (Fsp3) is 0.375. The largest absolute Gasteiger partial charge is 0.363 e. The van der Waals surface area contributed by atoms with Gasteiger partial charge in [0.2, 0.25) is 0 Å². The van der Waals surface area contributed by atoms with E-state index in [1.54, 1.807) is 17.5 Å². The van der Waals surface area contributed by atoms with Crippen molar-refractivity contribution in [2.45, 2.75) is 25.4 Å². The summed E-state index contributed by atoms with van der Waals surface area (Å²) in [4.78, 5) is 26.2. The number of nitrogens with zero attached hydrogens (tertiary/aromatic N) is 4. The summed E-state index contributed by atoms with van der Waals surface area (Å²) in [6, 6.07) is 0.211. The highest BCUT2D eigenvalue weighted by atomic mass is 32.1. The Labute approximate surface area is 148 Å². The molecule has 25 heavy (non-hydrogen) atoms. The van der Waals surface area contributed by atoms with Crippen LogP contribution >= 0.6 is 11.3 Å². The molecule has 9 heteroatoms. The highest BCUT2D eigenvalue weighted by Crippen LogP contribution is 2.12. The van der Waals surface area contributed by atoms with E-state index in [0.29, 0.717) is 18.1 Å². The predicted molar refractivity (Wildman–Crippen MR) is 95.8 cm³/mol. The minimum Gasteiger partial charge on any atom is -0.363 e. The Morgan fingerprint density at radius 2 is 2.20 bits per heavy atom. The van der Waals surface area contributed by atoms with Crippen LogP contribution < -0.4 is 16.0 Å². The van der Waals surface area contributed by atoms with E-state index in [9.17, 15) is 4.79 Å². The first-order valence-corrected chi connectivity index (χ1v) is 9.14. The molecule has 1 fully saturated rings. The summed E-state index contributed by atoms with van der Waals surface area (Å²) >= 11 is 1.60. The highest BCUT2D eigenvalue weighted by molar-refractivity contribution is 7.15. The summed E-state index contributed by atoms with van der Waals surface area (Å²) < 4.78 is 1.99. The topological polar surface area (TPSA) is 96.2 Å². The Bertz CT molecular complexity index is 822. The highest BCUT2D eigenvalue weighted by Gasteiger charge is 2.17. The second-order valence-electron chi connectivity index (χ2n) is 5.96. The lowest BCUT2D eigenvalue weighted by molar-refractivity contribution is 0.0924. The van der Waals surface area contributed by atoms with Gasteiger partial charge in [-0.1, -0.05) is 0 Å². The zero-order valence-electron chi connectivity index (χ0n) is 13.6.